The van der Waals surface area contributed by atoms with Crippen LogP contribution in [0.15, 0.2) is 12.5 Å². The lowest BCUT2D eigenvalue weighted by molar-refractivity contribution is -0.132. The maximum atomic E-state index is 12.3. The first-order chi connectivity index (χ1) is 11.6. The zero-order valence-corrected chi connectivity index (χ0v) is 14.9. The maximum absolute atomic E-state index is 12.3. The fourth-order valence-corrected chi connectivity index (χ4v) is 3.49. The molecule has 0 bridgehead atoms. The van der Waals surface area contributed by atoms with E-state index in [2.05, 4.69) is 14.9 Å². The lowest BCUT2D eigenvalue weighted by atomic mass is 9.82. The molecule has 2 fully saturated rings. The summed E-state index contributed by atoms with van der Waals surface area (Å²) < 4.78 is 5.83. The van der Waals surface area contributed by atoms with Gasteiger partial charge in [0.05, 0.1) is 18.9 Å². The van der Waals surface area contributed by atoms with Gasteiger partial charge in [-0.15, -0.1) is 0 Å². The van der Waals surface area contributed by atoms with E-state index in [4.69, 9.17) is 16.3 Å². The van der Waals surface area contributed by atoms with E-state index in [1.54, 1.807) is 11.1 Å². The number of carbonyl (C=O) groups excluding carboxylic acids is 1. The van der Waals surface area contributed by atoms with E-state index in [0.717, 1.165) is 24.7 Å². The number of hydrogen-bond donors (Lipinski definition) is 0. The summed E-state index contributed by atoms with van der Waals surface area (Å²) in [7, 11) is 1.86. The number of halogens is 1. The van der Waals surface area contributed by atoms with E-state index in [-0.39, 0.29) is 12.0 Å². The highest BCUT2D eigenvalue weighted by molar-refractivity contribution is 6.32. The number of carbonyl (C=O) groups is 1. The first-order valence-corrected chi connectivity index (χ1v) is 9.07. The van der Waals surface area contributed by atoms with Crippen LogP contribution in [-0.4, -0.2) is 60.2 Å². The molecular weight excluding hydrogens is 328 g/mol. The van der Waals surface area contributed by atoms with E-state index in [9.17, 15) is 4.79 Å². The number of rotatable bonds is 6. The van der Waals surface area contributed by atoms with Gasteiger partial charge in [0.25, 0.3) is 0 Å². The Hall–Kier alpha value is -1.40. The Labute approximate surface area is 148 Å². The molecule has 7 heteroatoms. The van der Waals surface area contributed by atoms with Gasteiger partial charge in [0.1, 0.15) is 11.3 Å². The topological polar surface area (TPSA) is 58.6 Å². The summed E-state index contributed by atoms with van der Waals surface area (Å²) in [5.74, 6) is 1.71. The number of ether oxygens (including phenoxy) is 1. The van der Waals surface area contributed by atoms with Crippen molar-refractivity contribution in [1.82, 2.24) is 14.9 Å². The minimum Gasteiger partial charge on any atom is -0.373 e. The van der Waals surface area contributed by atoms with E-state index >= 15 is 0 Å². The Balaban J connectivity index is 1.49. The summed E-state index contributed by atoms with van der Waals surface area (Å²) in [6, 6.07) is 0. The zero-order chi connectivity index (χ0) is 16.9. The van der Waals surface area contributed by atoms with Crippen LogP contribution in [0.25, 0.3) is 0 Å². The molecule has 6 nitrogen and oxygen atoms in total. The van der Waals surface area contributed by atoms with Gasteiger partial charge >= 0.3 is 0 Å². The Morgan fingerprint density at radius 3 is 3.04 bits per heavy atom. The molecule has 1 atom stereocenters. The summed E-state index contributed by atoms with van der Waals surface area (Å²) >= 11 is 6.18. The third kappa shape index (κ3) is 4.36. The van der Waals surface area contributed by atoms with Gasteiger partial charge in [-0.1, -0.05) is 30.9 Å². The van der Waals surface area contributed by atoms with Gasteiger partial charge < -0.3 is 14.5 Å². The third-order valence-corrected chi connectivity index (χ3v) is 5.25. The second-order valence-electron chi connectivity index (χ2n) is 6.74. The van der Waals surface area contributed by atoms with Crippen molar-refractivity contribution >= 4 is 23.3 Å². The van der Waals surface area contributed by atoms with Gasteiger partial charge in [0.2, 0.25) is 5.91 Å². The summed E-state index contributed by atoms with van der Waals surface area (Å²) in [5.41, 5.74) is 0. The van der Waals surface area contributed by atoms with Crippen molar-refractivity contribution in [2.24, 2.45) is 5.92 Å². The van der Waals surface area contributed by atoms with Gasteiger partial charge in [-0.25, -0.2) is 9.97 Å². The molecule has 1 unspecified atom stereocenters. The van der Waals surface area contributed by atoms with Crippen molar-refractivity contribution in [3.05, 3.63) is 17.5 Å². The highest BCUT2D eigenvalue weighted by Crippen LogP contribution is 2.30. The molecule has 132 valence electrons. The number of anilines is 1. The molecule has 0 aromatic carbocycles. The standard InChI is InChI=1S/C17H25ClN4O2/c1-21(16(23)6-5-13-3-2-4-13)10-14-11-22(7-8-24-14)17-15(18)9-19-12-20-17/h9,12-14H,2-8,10-11H2,1H3. The third-order valence-electron chi connectivity index (χ3n) is 4.98. The molecule has 1 aromatic heterocycles. The van der Waals surface area contributed by atoms with Crippen molar-refractivity contribution < 1.29 is 9.53 Å². The SMILES string of the molecule is CN(CC1CN(c2ncncc2Cl)CCO1)C(=O)CCC1CCC1. The molecule has 1 aliphatic carbocycles. The molecule has 0 radical (unpaired) electrons. The number of hydrogen-bond acceptors (Lipinski definition) is 5. The quantitative estimate of drug-likeness (QED) is 0.786. The number of aromatic nitrogens is 2. The van der Waals surface area contributed by atoms with Crippen molar-refractivity contribution in [3.63, 3.8) is 0 Å². The van der Waals surface area contributed by atoms with Gasteiger partial charge in [-0.05, 0) is 12.3 Å². The second-order valence-corrected chi connectivity index (χ2v) is 7.15. The lowest BCUT2D eigenvalue weighted by Crippen LogP contribution is -2.48. The normalized spacial score (nSPS) is 21.4. The van der Waals surface area contributed by atoms with E-state index in [0.29, 0.717) is 31.1 Å². The fraction of sp³-hybridized carbons (Fsp3) is 0.706. The Morgan fingerprint density at radius 2 is 2.33 bits per heavy atom. The van der Waals surface area contributed by atoms with Crippen molar-refractivity contribution in [2.75, 3.05) is 38.2 Å². The average Bonchev–Trinajstić information content (AvgIpc) is 2.54. The minimum absolute atomic E-state index is 0.0255. The van der Waals surface area contributed by atoms with Crippen LogP contribution in [0, 0.1) is 5.92 Å². The first kappa shape index (κ1) is 17.4. The predicted octanol–water partition coefficient (Wildman–Crippen LogP) is 2.37. The molecule has 1 saturated heterocycles. The molecule has 2 heterocycles. The summed E-state index contributed by atoms with van der Waals surface area (Å²) in [6.07, 6.45) is 8.65. The average molecular weight is 353 g/mol. The largest absolute Gasteiger partial charge is 0.373 e. The van der Waals surface area contributed by atoms with Gasteiger partial charge in [0.15, 0.2) is 5.82 Å². The number of amides is 1. The van der Waals surface area contributed by atoms with Crippen LogP contribution in [0.2, 0.25) is 5.02 Å². The molecular formula is C17H25ClN4O2. The fourth-order valence-electron chi connectivity index (χ4n) is 3.27. The van der Waals surface area contributed by atoms with Crippen molar-refractivity contribution in [3.8, 4) is 0 Å². The van der Waals surface area contributed by atoms with Crippen LogP contribution in [-0.2, 0) is 9.53 Å². The number of nitrogens with zero attached hydrogens (tertiary/aromatic N) is 4. The van der Waals surface area contributed by atoms with Gasteiger partial charge in [-0.2, -0.15) is 0 Å². The number of morpholine rings is 1. The molecule has 3 rings (SSSR count). The van der Waals surface area contributed by atoms with Gasteiger partial charge in [0, 0.05) is 33.1 Å². The molecule has 1 aromatic rings. The Kier molecular flexibility index (Phi) is 5.89. The molecule has 24 heavy (non-hydrogen) atoms. The molecule has 0 N–H and O–H groups in total. The lowest BCUT2D eigenvalue weighted by Gasteiger charge is -2.35. The summed E-state index contributed by atoms with van der Waals surface area (Å²) in [5, 5.41) is 0.545. The summed E-state index contributed by atoms with van der Waals surface area (Å²) in [4.78, 5) is 24.4. The first-order valence-electron chi connectivity index (χ1n) is 8.69. The smallest absolute Gasteiger partial charge is 0.222 e. The monoisotopic (exact) mass is 352 g/mol. The number of likely N-dealkylation sites (N-methyl/N-ethyl adjacent to an activating group) is 1. The summed E-state index contributed by atoms with van der Waals surface area (Å²) in [6.45, 7) is 2.63. The minimum atomic E-state index is -0.0255. The van der Waals surface area contributed by atoms with Gasteiger partial charge in [-0.3, -0.25) is 4.79 Å². The Bertz CT molecular complexity index is 567. The van der Waals surface area contributed by atoms with Crippen LogP contribution in [0.3, 0.4) is 0 Å². The predicted molar refractivity (Wildman–Crippen MR) is 93.2 cm³/mol. The molecule has 0 spiro atoms. The van der Waals surface area contributed by atoms with E-state index in [1.807, 2.05) is 7.05 Å². The van der Waals surface area contributed by atoms with E-state index < -0.39 is 0 Å². The van der Waals surface area contributed by atoms with Crippen LogP contribution < -0.4 is 4.90 Å². The second kappa shape index (κ2) is 8.12. The maximum Gasteiger partial charge on any atom is 0.222 e. The highest BCUT2D eigenvalue weighted by atomic mass is 35.5. The zero-order valence-electron chi connectivity index (χ0n) is 14.2. The van der Waals surface area contributed by atoms with E-state index in [1.165, 1.54) is 25.6 Å². The van der Waals surface area contributed by atoms with Crippen molar-refractivity contribution in [2.45, 2.75) is 38.2 Å². The van der Waals surface area contributed by atoms with Crippen LogP contribution >= 0.6 is 11.6 Å². The van der Waals surface area contributed by atoms with Crippen LogP contribution in [0.4, 0.5) is 5.82 Å². The molecule has 1 amide bonds. The molecule has 2 aliphatic rings. The molecule has 1 saturated carbocycles. The molecule has 1 aliphatic heterocycles. The Morgan fingerprint density at radius 1 is 1.50 bits per heavy atom. The highest BCUT2D eigenvalue weighted by Gasteiger charge is 2.26. The van der Waals surface area contributed by atoms with Crippen molar-refractivity contribution in [1.29, 1.82) is 0 Å². The van der Waals surface area contributed by atoms with Crippen LogP contribution in [0.5, 0.6) is 0 Å². The van der Waals surface area contributed by atoms with Crippen LogP contribution in [0.1, 0.15) is 32.1 Å².